The van der Waals surface area contributed by atoms with Gasteiger partial charge in [-0.05, 0) is 30.2 Å². The van der Waals surface area contributed by atoms with Gasteiger partial charge in [0, 0.05) is 42.9 Å². The lowest BCUT2D eigenvalue weighted by Gasteiger charge is -2.20. The molecule has 1 aromatic heterocycles. The highest BCUT2D eigenvalue weighted by molar-refractivity contribution is 5.73. The van der Waals surface area contributed by atoms with Crippen molar-refractivity contribution >= 4 is 11.4 Å². The maximum atomic E-state index is 4.44. The summed E-state index contributed by atoms with van der Waals surface area (Å²) in [6.45, 7) is 1.05. The predicted molar refractivity (Wildman–Crippen MR) is 85.8 cm³/mol. The Kier molecular flexibility index (Phi) is 2.78. The Morgan fingerprint density at radius 2 is 1.95 bits per heavy atom. The SMILES string of the molecule is Cn1ccnc1-c1cccc(N2CCc3ccccc32)c1. The van der Waals surface area contributed by atoms with Crippen LogP contribution in [0.25, 0.3) is 11.4 Å². The minimum Gasteiger partial charge on any atom is -0.341 e. The highest BCUT2D eigenvalue weighted by atomic mass is 15.2. The van der Waals surface area contributed by atoms with E-state index in [1.165, 1.54) is 16.9 Å². The number of fused-ring (bicyclic) bond motifs is 1. The highest BCUT2D eigenvalue weighted by Gasteiger charge is 2.20. The van der Waals surface area contributed by atoms with E-state index in [-0.39, 0.29) is 0 Å². The minimum absolute atomic E-state index is 1.00. The molecule has 3 heteroatoms. The van der Waals surface area contributed by atoms with Crippen LogP contribution in [0.4, 0.5) is 11.4 Å². The molecule has 0 N–H and O–H groups in total. The van der Waals surface area contributed by atoms with Gasteiger partial charge < -0.3 is 9.47 Å². The van der Waals surface area contributed by atoms with E-state index in [4.69, 9.17) is 0 Å². The molecule has 0 unspecified atom stereocenters. The summed E-state index contributed by atoms with van der Waals surface area (Å²) in [6, 6.07) is 17.3. The fourth-order valence-corrected chi connectivity index (χ4v) is 3.06. The van der Waals surface area contributed by atoms with E-state index in [0.29, 0.717) is 0 Å². The van der Waals surface area contributed by atoms with Gasteiger partial charge in [-0.3, -0.25) is 0 Å². The molecule has 1 aliphatic rings. The summed E-state index contributed by atoms with van der Waals surface area (Å²) >= 11 is 0. The summed E-state index contributed by atoms with van der Waals surface area (Å²) in [7, 11) is 2.03. The van der Waals surface area contributed by atoms with Crippen LogP contribution in [0.5, 0.6) is 0 Å². The van der Waals surface area contributed by atoms with E-state index in [0.717, 1.165) is 24.4 Å². The van der Waals surface area contributed by atoms with E-state index >= 15 is 0 Å². The Morgan fingerprint density at radius 3 is 2.81 bits per heavy atom. The second-order valence-corrected chi connectivity index (χ2v) is 5.44. The van der Waals surface area contributed by atoms with Gasteiger partial charge in [0.15, 0.2) is 0 Å². The van der Waals surface area contributed by atoms with Crippen molar-refractivity contribution in [2.45, 2.75) is 6.42 Å². The number of imidazole rings is 1. The Balaban J connectivity index is 1.76. The third-order valence-electron chi connectivity index (χ3n) is 4.12. The number of benzene rings is 2. The van der Waals surface area contributed by atoms with E-state index in [2.05, 4.69) is 63.0 Å². The van der Waals surface area contributed by atoms with Crippen molar-refractivity contribution in [3.05, 3.63) is 66.5 Å². The van der Waals surface area contributed by atoms with Crippen LogP contribution in [-0.2, 0) is 13.5 Å². The van der Waals surface area contributed by atoms with Crippen LogP contribution < -0.4 is 4.90 Å². The monoisotopic (exact) mass is 275 g/mol. The van der Waals surface area contributed by atoms with Gasteiger partial charge in [0.2, 0.25) is 0 Å². The van der Waals surface area contributed by atoms with E-state index < -0.39 is 0 Å². The van der Waals surface area contributed by atoms with Crippen molar-refractivity contribution in [2.75, 3.05) is 11.4 Å². The molecule has 2 aromatic carbocycles. The predicted octanol–water partition coefficient (Wildman–Crippen LogP) is 3.78. The van der Waals surface area contributed by atoms with Crippen LogP contribution in [0.3, 0.4) is 0 Å². The summed E-state index contributed by atoms with van der Waals surface area (Å²) in [5.74, 6) is 1.00. The first-order valence-corrected chi connectivity index (χ1v) is 7.26. The molecule has 2 heterocycles. The summed E-state index contributed by atoms with van der Waals surface area (Å²) in [4.78, 5) is 6.83. The van der Waals surface area contributed by atoms with Gasteiger partial charge in [-0.25, -0.2) is 4.98 Å². The molecule has 0 atom stereocenters. The van der Waals surface area contributed by atoms with Gasteiger partial charge in [-0.1, -0.05) is 30.3 Å². The van der Waals surface area contributed by atoms with Crippen LogP contribution in [0.1, 0.15) is 5.56 Å². The van der Waals surface area contributed by atoms with Gasteiger partial charge in [-0.2, -0.15) is 0 Å². The number of hydrogen-bond acceptors (Lipinski definition) is 2. The largest absolute Gasteiger partial charge is 0.341 e. The lowest BCUT2D eigenvalue weighted by molar-refractivity contribution is 0.924. The fourth-order valence-electron chi connectivity index (χ4n) is 3.06. The summed E-state index contributed by atoms with van der Waals surface area (Å²) in [5, 5.41) is 0. The summed E-state index contributed by atoms with van der Waals surface area (Å²) in [6.07, 6.45) is 4.93. The average Bonchev–Trinajstić information content (AvgIpc) is 3.13. The first kappa shape index (κ1) is 12.2. The molecule has 0 fully saturated rings. The first-order valence-electron chi connectivity index (χ1n) is 7.26. The lowest BCUT2D eigenvalue weighted by atomic mass is 10.1. The molecule has 1 aliphatic heterocycles. The third-order valence-corrected chi connectivity index (χ3v) is 4.12. The number of anilines is 2. The third kappa shape index (κ3) is 2.02. The Bertz CT molecular complexity index is 788. The van der Waals surface area contributed by atoms with Gasteiger partial charge >= 0.3 is 0 Å². The lowest BCUT2D eigenvalue weighted by Crippen LogP contribution is -2.13. The Hall–Kier alpha value is -2.55. The van der Waals surface area contributed by atoms with Crippen molar-refractivity contribution in [2.24, 2.45) is 7.05 Å². The maximum absolute atomic E-state index is 4.44. The zero-order chi connectivity index (χ0) is 14.2. The van der Waals surface area contributed by atoms with Crippen LogP contribution in [0.2, 0.25) is 0 Å². The molecular formula is C18H17N3. The van der Waals surface area contributed by atoms with Crippen LogP contribution in [0, 0.1) is 0 Å². The molecule has 4 rings (SSSR count). The molecule has 0 radical (unpaired) electrons. The van der Waals surface area contributed by atoms with Crippen LogP contribution >= 0.6 is 0 Å². The fraction of sp³-hybridized carbons (Fsp3) is 0.167. The number of para-hydroxylation sites is 1. The molecule has 0 amide bonds. The second-order valence-electron chi connectivity index (χ2n) is 5.44. The number of hydrogen-bond donors (Lipinski definition) is 0. The van der Waals surface area contributed by atoms with Crippen molar-refractivity contribution in [3.63, 3.8) is 0 Å². The quantitative estimate of drug-likeness (QED) is 0.709. The zero-order valence-electron chi connectivity index (χ0n) is 12.0. The highest BCUT2D eigenvalue weighted by Crippen LogP contribution is 2.35. The molecule has 3 aromatic rings. The molecular weight excluding hydrogens is 258 g/mol. The van der Waals surface area contributed by atoms with Gasteiger partial charge in [0.05, 0.1) is 0 Å². The Morgan fingerprint density at radius 1 is 1.05 bits per heavy atom. The maximum Gasteiger partial charge on any atom is 0.139 e. The summed E-state index contributed by atoms with van der Waals surface area (Å²) in [5.41, 5.74) is 5.15. The molecule has 21 heavy (non-hydrogen) atoms. The van der Waals surface area contributed by atoms with Crippen molar-refractivity contribution < 1.29 is 0 Å². The average molecular weight is 275 g/mol. The summed E-state index contributed by atoms with van der Waals surface area (Å²) < 4.78 is 2.05. The van der Waals surface area contributed by atoms with Crippen molar-refractivity contribution in [3.8, 4) is 11.4 Å². The number of rotatable bonds is 2. The van der Waals surface area contributed by atoms with E-state index in [1.807, 2.05) is 19.4 Å². The second kappa shape index (κ2) is 4.77. The molecule has 104 valence electrons. The smallest absolute Gasteiger partial charge is 0.139 e. The Labute approximate surface area is 124 Å². The molecule has 0 spiro atoms. The molecule has 3 nitrogen and oxygen atoms in total. The number of aromatic nitrogens is 2. The van der Waals surface area contributed by atoms with Gasteiger partial charge in [0.25, 0.3) is 0 Å². The molecule has 0 saturated carbocycles. The minimum atomic E-state index is 1.00. The molecule has 0 bridgehead atoms. The standard InChI is InChI=1S/C18H17N3/c1-20-12-10-19-18(20)15-6-4-7-16(13-15)21-11-9-14-5-2-3-8-17(14)21/h2-8,10,12-13H,9,11H2,1H3. The van der Waals surface area contributed by atoms with Crippen LogP contribution in [0.15, 0.2) is 60.9 Å². The van der Waals surface area contributed by atoms with E-state index in [1.54, 1.807) is 0 Å². The molecule has 0 saturated heterocycles. The first-order chi connectivity index (χ1) is 10.3. The van der Waals surface area contributed by atoms with Crippen molar-refractivity contribution in [1.82, 2.24) is 9.55 Å². The van der Waals surface area contributed by atoms with Crippen LogP contribution in [-0.4, -0.2) is 16.1 Å². The zero-order valence-corrected chi connectivity index (χ0v) is 12.0. The number of nitrogens with zero attached hydrogens (tertiary/aromatic N) is 3. The topological polar surface area (TPSA) is 21.1 Å². The number of aryl methyl sites for hydroxylation is 1. The van der Waals surface area contributed by atoms with Gasteiger partial charge in [0.1, 0.15) is 5.82 Å². The van der Waals surface area contributed by atoms with E-state index in [9.17, 15) is 0 Å². The molecule has 0 aliphatic carbocycles. The van der Waals surface area contributed by atoms with Gasteiger partial charge in [-0.15, -0.1) is 0 Å². The van der Waals surface area contributed by atoms with Crippen molar-refractivity contribution in [1.29, 1.82) is 0 Å². The normalized spacial score (nSPS) is 13.5.